The maximum atomic E-state index is 13.5. The van der Waals surface area contributed by atoms with E-state index in [9.17, 15) is 33.9 Å². The smallest absolute Gasteiger partial charge is 0.410 e. The monoisotopic (exact) mass is 1040 g/mol. The Kier molecular flexibility index (Phi) is 20.9. The lowest BCUT2D eigenvalue weighted by Gasteiger charge is -2.27. The maximum Gasteiger partial charge on any atom is 0.410 e. The van der Waals surface area contributed by atoms with Crippen LogP contribution in [0.15, 0.2) is 0 Å². The number of fused-ring (bicyclic) bond motifs is 4. The van der Waals surface area contributed by atoms with E-state index in [0.717, 1.165) is 89.9 Å². The Labute approximate surface area is 441 Å². The summed E-state index contributed by atoms with van der Waals surface area (Å²) in [6.07, 6.45) is 22.5. The van der Waals surface area contributed by atoms with Gasteiger partial charge >= 0.3 is 35.9 Å². The Bertz CT molecular complexity index is 1760. The van der Waals surface area contributed by atoms with Gasteiger partial charge in [-0.1, -0.05) is 103 Å². The summed E-state index contributed by atoms with van der Waals surface area (Å²) in [4.78, 5) is 82.0. The van der Waals surface area contributed by atoms with Crippen molar-refractivity contribution in [3.8, 4) is 0 Å². The van der Waals surface area contributed by atoms with E-state index in [0.29, 0.717) is 47.3 Å². The molecule has 15 nitrogen and oxygen atoms in total. The number of amides is 1. The van der Waals surface area contributed by atoms with Crippen molar-refractivity contribution < 1.29 is 67.0 Å². The highest BCUT2D eigenvalue weighted by Gasteiger charge is 2.44. The third-order valence-electron chi connectivity index (χ3n) is 19.0. The zero-order valence-electron chi connectivity index (χ0n) is 45.4. The van der Waals surface area contributed by atoms with E-state index in [1.807, 2.05) is 0 Å². The van der Waals surface area contributed by atoms with Gasteiger partial charge in [-0.15, -0.1) is 0 Å². The molecule has 8 saturated carbocycles. The Morgan fingerprint density at radius 3 is 1.11 bits per heavy atom. The van der Waals surface area contributed by atoms with Crippen molar-refractivity contribution in [1.82, 2.24) is 4.90 Å². The molecular formula is C59H93NO14. The molecule has 0 heterocycles. The minimum Gasteiger partial charge on any atom is -0.461 e. The number of hydrogen-bond donors (Lipinski definition) is 1. The first kappa shape index (κ1) is 56.7. The Morgan fingerprint density at radius 2 is 0.784 bits per heavy atom. The maximum absolute atomic E-state index is 13.5. The summed E-state index contributed by atoms with van der Waals surface area (Å²) >= 11 is 0. The number of nitrogens with zero attached hydrogens (tertiary/aromatic N) is 1. The molecule has 0 saturated heterocycles. The molecule has 0 aromatic carbocycles. The highest BCUT2D eigenvalue weighted by Crippen LogP contribution is 2.49. The second-order valence-corrected chi connectivity index (χ2v) is 25.5. The van der Waals surface area contributed by atoms with Gasteiger partial charge in [0.2, 0.25) is 0 Å². The standard InChI is InChI=1S/C59H93NO14/c1-59(2,3)74-58(67)60(24-12-22-52(61)72-50(34-68-54(63)46-26-38-14-4-5-15-39(38)27-46)35-69-55(64)47-28-40-16-6-7-17-41(40)29-47)25-13-23-53(62)73-51(36-70-56(65)48-30-42-18-8-9-19-43(42)31-48)37-71-57(66)49-32-44-20-10-11-21-45(44)33-49/h38-51,54,63H,4-37H2,1-3H3. The highest BCUT2D eigenvalue weighted by molar-refractivity contribution is 5.75. The average molecular weight is 1040 g/mol. The summed E-state index contributed by atoms with van der Waals surface area (Å²) < 4.78 is 40.9. The quantitative estimate of drug-likeness (QED) is 0.0578. The Balaban J connectivity index is 0.817. The molecule has 74 heavy (non-hydrogen) atoms. The molecule has 8 fully saturated rings. The van der Waals surface area contributed by atoms with Crippen molar-refractivity contribution in [2.75, 3.05) is 39.5 Å². The van der Waals surface area contributed by atoms with Crippen LogP contribution in [-0.4, -0.2) is 110 Å². The summed E-state index contributed by atoms with van der Waals surface area (Å²) in [6.45, 7) is 4.84. The average Bonchev–Trinajstić information content (AvgIpc) is 4.21. The summed E-state index contributed by atoms with van der Waals surface area (Å²) in [5.74, 6) is 2.06. The lowest BCUT2D eigenvalue weighted by Crippen LogP contribution is -2.38. The van der Waals surface area contributed by atoms with E-state index in [1.54, 1.807) is 20.8 Å². The molecule has 418 valence electrons. The van der Waals surface area contributed by atoms with Crippen molar-refractivity contribution in [3.05, 3.63) is 0 Å². The van der Waals surface area contributed by atoms with Crippen LogP contribution < -0.4 is 0 Å². The Hall–Kier alpha value is -3.46. The zero-order chi connectivity index (χ0) is 52.2. The second-order valence-electron chi connectivity index (χ2n) is 25.5. The Morgan fingerprint density at radius 1 is 0.473 bits per heavy atom. The predicted molar refractivity (Wildman–Crippen MR) is 274 cm³/mol. The van der Waals surface area contributed by atoms with Crippen LogP contribution in [0, 0.1) is 71.0 Å². The first-order valence-electron chi connectivity index (χ1n) is 29.8. The van der Waals surface area contributed by atoms with Gasteiger partial charge in [0, 0.05) is 31.8 Å². The van der Waals surface area contributed by atoms with Gasteiger partial charge in [-0.3, -0.25) is 24.0 Å². The highest BCUT2D eigenvalue weighted by atomic mass is 16.6. The van der Waals surface area contributed by atoms with Crippen molar-refractivity contribution >= 4 is 35.9 Å². The van der Waals surface area contributed by atoms with Crippen LogP contribution in [0.3, 0.4) is 0 Å². The molecule has 0 aliphatic heterocycles. The topological polar surface area (TPSA) is 190 Å². The van der Waals surface area contributed by atoms with Crippen LogP contribution in [-0.2, 0) is 57.1 Å². The third-order valence-corrected chi connectivity index (χ3v) is 19.0. The van der Waals surface area contributed by atoms with E-state index in [4.69, 9.17) is 33.2 Å². The van der Waals surface area contributed by atoms with E-state index < -0.39 is 42.1 Å². The lowest BCUT2D eigenvalue weighted by molar-refractivity contribution is -0.181. The number of aliphatic hydroxyl groups excluding tert-OH is 1. The van der Waals surface area contributed by atoms with Gasteiger partial charge in [-0.25, -0.2) is 4.79 Å². The molecule has 8 rings (SSSR count). The van der Waals surface area contributed by atoms with Crippen LogP contribution in [0.5, 0.6) is 0 Å². The summed E-state index contributed by atoms with van der Waals surface area (Å²) in [7, 11) is 0. The number of esters is 5. The zero-order valence-corrected chi connectivity index (χ0v) is 45.4. The molecule has 0 aromatic heterocycles. The van der Waals surface area contributed by atoms with Crippen molar-refractivity contribution in [2.24, 2.45) is 71.0 Å². The molecule has 10 atom stereocenters. The summed E-state index contributed by atoms with van der Waals surface area (Å²) in [5, 5.41) is 11.2. The van der Waals surface area contributed by atoms with Crippen molar-refractivity contribution in [3.63, 3.8) is 0 Å². The molecule has 1 amide bonds. The molecule has 10 unspecified atom stereocenters. The van der Waals surface area contributed by atoms with Gasteiger partial charge in [-0.05, 0) is 132 Å². The lowest BCUT2D eigenvalue weighted by atomic mass is 9.82. The number of carbonyl (C=O) groups excluding carboxylic acids is 6. The van der Waals surface area contributed by atoms with Crippen molar-refractivity contribution in [1.29, 1.82) is 0 Å². The van der Waals surface area contributed by atoms with E-state index >= 15 is 0 Å². The summed E-state index contributed by atoms with van der Waals surface area (Å²) in [5.41, 5.74) is -0.801. The van der Waals surface area contributed by atoms with Crippen molar-refractivity contribution in [2.45, 2.75) is 225 Å². The normalized spacial score (nSPS) is 32.6. The molecule has 0 radical (unpaired) electrons. The minimum atomic E-state index is -1.01. The van der Waals surface area contributed by atoms with E-state index in [2.05, 4.69) is 0 Å². The largest absolute Gasteiger partial charge is 0.461 e. The molecule has 8 aliphatic rings. The minimum absolute atomic E-state index is 0.0110. The first-order valence-corrected chi connectivity index (χ1v) is 29.8. The number of hydrogen-bond acceptors (Lipinski definition) is 14. The molecule has 15 heteroatoms. The van der Waals surface area contributed by atoms with Crippen LogP contribution >= 0.6 is 0 Å². The summed E-state index contributed by atoms with van der Waals surface area (Å²) in [6, 6.07) is 0. The van der Waals surface area contributed by atoms with E-state index in [-0.39, 0.29) is 107 Å². The second kappa shape index (κ2) is 27.2. The number of rotatable bonds is 23. The molecular weight excluding hydrogens is 947 g/mol. The van der Waals surface area contributed by atoms with Gasteiger partial charge in [0.25, 0.3) is 0 Å². The molecule has 0 bridgehead atoms. The van der Waals surface area contributed by atoms with Crippen LogP contribution in [0.1, 0.15) is 201 Å². The van der Waals surface area contributed by atoms with Gasteiger partial charge < -0.3 is 43.2 Å². The fraction of sp³-hybridized carbons (Fsp3) is 0.898. The fourth-order valence-electron chi connectivity index (χ4n) is 15.2. The first-order chi connectivity index (χ1) is 35.6. The van der Waals surface area contributed by atoms with Crippen LogP contribution in [0.2, 0.25) is 0 Å². The van der Waals surface area contributed by atoms with Gasteiger partial charge in [0.05, 0.1) is 24.4 Å². The van der Waals surface area contributed by atoms with E-state index in [1.165, 1.54) is 69.1 Å². The fourth-order valence-corrected chi connectivity index (χ4v) is 15.2. The third kappa shape index (κ3) is 16.5. The van der Waals surface area contributed by atoms with Gasteiger partial charge in [0.1, 0.15) is 25.4 Å². The van der Waals surface area contributed by atoms with Crippen LogP contribution in [0.25, 0.3) is 0 Å². The van der Waals surface area contributed by atoms with Gasteiger partial charge in [0.15, 0.2) is 18.5 Å². The number of ether oxygens (including phenoxy) is 7. The molecule has 0 spiro atoms. The predicted octanol–water partition coefficient (Wildman–Crippen LogP) is 10.4. The molecule has 1 N–H and O–H groups in total. The number of aliphatic hydroxyl groups is 1. The molecule has 0 aromatic rings. The van der Waals surface area contributed by atoms with Crippen LogP contribution in [0.4, 0.5) is 4.79 Å². The number of carbonyl (C=O) groups is 6. The SMILES string of the molecule is CC(C)(C)OC(=O)N(CCCC(=O)OC(COC(=O)C1CC2CCCCC2C1)COC(=O)C1CC2CCCCC2C1)CCCC(=O)OC(COC(=O)C1CC2CCCCC2C1)COC(O)C1CC2CCCCC2C1. The van der Waals surface area contributed by atoms with Gasteiger partial charge in [-0.2, -0.15) is 0 Å². The molecule has 8 aliphatic carbocycles.